The molecule has 0 spiro atoms. The number of halogens is 1. The highest BCUT2D eigenvalue weighted by atomic mass is 32.1. The molecule has 12 heteroatoms. The van der Waals surface area contributed by atoms with Crippen LogP contribution in [0.3, 0.4) is 0 Å². The van der Waals surface area contributed by atoms with Gasteiger partial charge >= 0.3 is 11.6 Å². The average Bonchev–Trinajstić information content (AvgIpc) is 3.58. The van der Waals surface area contributed by atoms with Crippen molar-refractivity contribution in [1.82, 2.24) is 19.3 Å². The van der Waals surface area contributed by atoms with E-state index in [4.69, 9.17) is 9.72 Å². The lowest BCUT2D eigenvalue weighted by Gasteiger charge is -2.30. The normalized spacial score (nSPS) is 16.1. The number of nitrogens with zero attached hydrogens (tertiary/aromatic N) is 6. The van der Waals surface area contributed by atoms with E-state index in [1.54, 1.807) is 34.3 Å². The van der Waals surface area contributed by atoms with Crippen LogP contribution in [0.25, 0.3) is 16.3 Å². The molecule has 0 bridgehead atoms. The van der Waals surface area contributed by atoms with Gasteiger partial charge in [0.1, 0.15) is 16.5 Å². The smallest absolute Gasteiger partial charge is 0.324 e. The highest BCUT2D eigenvalue weighted by molar-refractivity contribution is 7.15. The van der Waals surface area contributed by atoms with Gasteiger partial charge in [-0.1, -0.05) is 12.1 Å². The Hall–Kier alpha value is -4.03. The predicted octanol–water partition coefficient (Wildman–Crippen LogP) is 3.74. The lowest BCUT2D eigenvalue weighted by molar-refractivity contribution is 0.122. The molecule has 3 aromatic heterocycles. The van der Waals surface area contributed by atoms with Crippen LogP contribution >= 0.6 is 11.3 Å². The first-order valence-electron chi connectivity index (χ1n) is 13.2. The van der Waals surface area contributed by atoms with E-state index in [1.807, 2.05) is 19.9 Å². The summed E-state index contributed by atoms with van der Waals surface area (Å²) in [5.41, 5.74) is 1.84. The molecule has 4 aromatic rings. The Morgan fingerprint density at radius 3 is 2.55 bits per heavy atom. The number of anilines is 2. The maximum Gasteiger partial charge on any atom is 0.324 e. The Morgan fingerprint density at radius 2 is 1.85 bits per heavy atom. The van der Waals surface area contributed by atoms with Crippen molar-refractivity contribution < 1.29 is 19.0 Å². The van der Waals surface area contributed by atoms with E-state index in [9.17, 15) is 19.1 Å². The number of carbonyl (C=O) groups is 1. The Labute approximate surface area is 233 Å². The van der Waals surface area contributed by atoms with Gasteiger partial charge in [0.15, 0.2) is 5.65 Å². The molecule has 2 aliphatic rings. The molecule has 0 saturated carbocycles. The molecule has 1 aromatic carbocycles. The molecule has 0 unspecified atom stereocenters. The quantitative estimate of drug-likeness (QED) is 0.381. The van der Waals surface area contributed by atoms with Crippen molar-refractivity contribution in [2.45, 2.75) is 26.3 Å². The monoisotopic (exact) mass is 564 g/mol. The predicted molar refractivity (Wildman–Crippen MR) is 151 cm³/mol. The van der Waals surface area contributed by atoms with Crippen molar-refractivity contribution in [2.75, 3.05) is 49.2 Å². The van der Waals surface area contributed by atoms with Crippen LogP contribution in [0.2, 0.25) is 0 Å². The third-order valence-electron chi connectivity index (χ3n) is 7.25. The molecule has 208 valence electrons. The van der Waals surface area contributed by atoms with E-state index >= 15 is 0 Å². The van der Waals surface area contributed by atoms with Crippen molar-refractivity contribution in [1.29, 1.82) is 0 Å². The number of morpholine rings is 1. The molecule has 10 nitrogen and oxygen atoms in total. The van der Waals surface area contributed by atoms with Gasteiger partial charge in [0, 0.05) is 55.9 Å². The standard InChI is InChI=1S/C28H29FN6O4S/c1-17(2)33-7-8-34(28(33)38)22-14-20(32-9-11-39-12-10-32)16-35-25(22)31-23(24(36)27(35)37)26-30-15-21(40-26)13-18-3-5-19(29)6-4-18/h3-6,14-17,36H,7-13H2,1-2H3. The number of hydrogen-bond donors (Lipinski definition) is 1. The number of thiazole rings is 1. The third kappa shape index (κ3) is 4.77. The number of urea groups is 1. The fourth-order valence-electron chi connectivity index (χ4n) is 5.10. The number of hydrogen-bond acceptors (Lipinski definition) is 8. The largest absolute Gasteiger partial charge is 0.501 e. The highest BCUT2D eigenvalue weighted by Crippen LogP contribution is 2.35. The van der Waals surface area contributed by atoms with E-state index in [2.05, 4.69) is 9.88 Å². The molecule has 6 rings (SSSR count). The summed E-state index contributed by atoms with van der Waals surface area (Å²) in [4.78, 5) is 42.5. The number of benzene rings is 1. The van der Waals surface area contributed by atoms with Gasteiger partial charge < -0.3 is 19.6 Å². The fraction of sp³-hybridized carbons (Fsp3) is 0.357. The van der Waals surface area contributed by atoms with Gasteiger partial charge in [0.2, 0.25) is 5.75 Å². The maximum atomic E-state index is 13.6. The second-order valence-electron chi connectivity index (χ2n) is 10.1. The molecule has 2 amide bonds. The summed E-state index contributed by atoms with van der Waals surface area (Å²) >= 11 is 1.30. The molecule has 2 aliphatic heterocycles. The third-order valence-corrected chi connectivity index (χ3v) is 8.25. The van der Waals surface area contributed by atoms with Crippen LogP contribution < -0.4 is 15.4 Å². The van der Waals surface area contributed by atoms with Gasteiger partial charge in [0.05, 0.1) is 24.6 Å². The fourth-order valence-corrected chi connectivity index (χ4v) is 6.04. The van der Waals surface area contributed by atoms with E-state index in [1.165, 1.54) is 27.9 Å². The lowest BCUT2D eigenvalue weighted by atomic mass is 10.1. The Balaban J connectivity index is 1.46. The topological polar surface area (TPSA) is 104 Å². The Morgan fingerprint density at radius 1 is 1.10 bits per heavy atom. The minimum absolute atomic E-state index is 0.0244. The van der Waals surface area contributed by atoms with Crippen LogP contribution in [-0.4, -0.2) is 75.8 Å². The van der Waals surface area contributed by atoms with E-state index in [0.29, 0.717) is 56.5 Å². The number of aromatic nitrogens is 3. The summed E-state index contributed by atoms with van der Waals surface area (Å²) in [6, 6.07) is 7.98. The highest BCUT2D eigenvalue weighted by Gasteiger charge is 2.34. The number of fused-ring (bicyclic) bond motifs is 1. The minimum atomic E-state index is -0.640. The van der Waals surface area contributed by atoms with Gasteiger partial charge in [-0.15, -0.1) is 11.3 Å². The number of aromatic hydroxyl groups is 1. The van der Waals surface area contributed by atoms with E-state index < -0.39 is 11.3 Å². The molecule has 5 heterocycles. The number of pyridine rings is 1. The zero-order valence-electron chi connectivity index (χ0n) is 22.2. The summed E-state index contributed by atoms with van der Waals surface area (Å²) in [5.74, 6) is -0.818. The first-order chi connectivity index (χ1) is 19.3. The van der Waals surface area contributed by atoms with E-state index in [0.717, 1.165) is 16.1 Å². The number of amides is 2. The molecule has 2 fully saturated rings. The lowest BCUT2D eigenvalue weighted by Crippen LogP contribution is -2.38. The van der Waals surface area contributed by atoms with Crippen molar-refractivity contribution >= 4 is 34.4 Å². The van der Waals surface area contributed by atoms with Gasteiger partial charge in [-0.3, -0.25) is 14.1 Å². The molecule has 0 radical (unpaired) electrons. The van der Waals surface area contributed by atoms with Gasteiger partial charge in [0.25, 0.3) is 0 Å². The van der Waals surface area contributed by atoms with Crippen LogP contribution in [0.1, 0.15) is 24.3 Å². The van der Waals surface area contributed by atoms with E-state index in [-0.39, 0.29) is 29.2 Å². The van der Waals surface area contributed by atoms with Gasteiger partial charge in [-0.05, 0) is 37.6 Å². The minimum Gasteiger partial charge on any atom is -0.501 e. The SMILES string of the molecule is CC(C)N1CCN(c2cc(N3CCOCC3)cn3c(=O)c(O)c(-c4ncc(Cc5ccc(F)cc5)s4)nc23)C1=O. The molecule has 1 N–H and O–H groups in total. The molecule has 0 aliphatic carbocycles. The summed E-state index contributed by atoms with van der Waals surface area (Å²) in [7, 11) is 0. The summed E-state index contributed by atoms with van der Waals surface area (Å²) in [6.07, 6.45) is 3.84. The second kappa shape index (κ2) is 10.5. The summed E-state index contributed by atoms with van der Waals surface area (Å²) in [6.45, 7) is 7.32. The second-order valence-corrected chi connectivity index (χ2v) is 11.3. The van der Waals surface area contributed by atoms with Gasteiger partial charge in [-0.25, -0.2) is 19.2 Å². The van der Waals surface area contributed by atoms with Crippen LogP contribution in [0, 0.1) is 5.82 Å². The average molecular weight is 565 g/mol. The molecular weight excluding hydrogens is 535 g/mol. The van der Waals surface area contributed by atoms with Crippen LogP contribution in [0.4, 0.5) is 20.6 Å². The van der Waals surface area contributed by atoms with Crippen molar-refractivity contribution in [3.05, 3.63) is 69.3 Å². The van der Waals surface area contributed by atoms with Crippen LogP contribution in [-0.2, 0) is 11.2 Å². The summed E-state index contributed by atoms with van der Waals surface area (Å²) < 4.78 is 20.1. The first-order valence-corrected chi connectivity index (χ1v) is 14.0. The number of carbonyl (C=O) groups excluding carboxylic acids is 1. The van der Waals surface area contributed by atoms with Crippen LogP contribution in [0.15, 0.2) is 47.5 Å². The number of ether oxygens (including phenoxy) is 1. The number of rotatable bonds is 6. The van der Waals surface area contributed by atoms with Crippen molar-refractivity contribution in [3.63, 3.8) is 0 Å². The molecule has 40 heavy (non-hydrogen) atoms. The Kier molecular flexibility index (Phi) is 6.88. The van der Waals surface area contributed by atoms with Crippen molar-refractivity contribution in [3.8, 4) is 16.5 Å². The van der Waals surface area contributed by atoms with Gasteiger partial charge in [-0.2, -0.15) is 0 Å². The summed E-state index contributed by atoms with van der Waals surface area (Å²) in [5, 5.41) is 11.4. The molecular formula is C28H29FN6O4S. The Bertz CT molecular complexity index is 1630. The first kappa shape index (κ1) is 26.2. The van der Waals surface area contributed by atoms with Crippen molar-refractivity contribution in [2.24, 2.45) is 0 Å². The maximum absolute atomic E-state index is 13.6. The van der Waals surface area contributed by atoms with Crippen LogP contribution in [0.5, 0.6) is 5.75 Å². The molecule has 0 atom stereocenters. The zero-order valence-corrected chi connectivity index (χ0v) is 23.0. The zero-order chi connectivity index (χ0) is 28.0. The molecule has 2 saturated heterocycles.